The Morgan fingerprint density at radius 3 is 2.47 bits per heavy atom. The van der Waals surface area contributed by atoms with Gasteiger partial charge in [0.25, 0.3) is 0 Å². The molecule has 8 heteroatoms. The summed E-state index contributed by atoms with van der Waals surface area (Å²) in [6, 6.07) is 16.6. The molecule has 0 amide bonds. The molecule has 32 heavy (non-hydrogen) atoms. The summed E-state index contributed by atoms with van der Waals surface area (Å²) in [6.07, 6.45) is 1.79. The zero-order valence-electron chi connectivity index (χ0n) is 18.6. The molecule has 1 fully saturated rings. The van der Waals surface area contributed by atoms with Crippen molar-refractivity contribution >= 4 is 21.5 Å². The fourth-order valence-corrected chi connectivity index (χ4v) is 5.56. The van der Waals surface area contributed by atoms with Gasteiger partial charge in [0.05, 0.1) is 23.4 Å². The molecule has 1 aromatic heterocycles. The Hall–Kier alpha value is -2.97. The van der Waals surface area contributed by atoms with Crippen LogP contribution >= 0.6 is 0 Å². The number of rotatable bonds is 6. The van der Waals surface area contributed by atoms with Crippen molar-refractivity contribution in [1.29, 1.82) is 0 Å². The highest BCUT2D eigenvalue weighted by Crippen LogP contribution is 2.30. The lowest BCUT2D eigenvalue weighted by Gasteiger charge is -2.30. The number of ether oxygens (including phenoxy) is 1. The van der Waals surface area contributed by atoms with E-state index in [1.807, 2.05) is 55.5 Å². The third kappa shape index (κ3) is 4.61. The highest BCUT2D eigenvalue weighted by Gasteiger charge is 2.29. The maximum atomic E-state index is 13.3. The van der Waals surface area contributed by atoms with Crippen LogP contribution in [0.25, 0.3) is 11.3 Å². The average molecular weight is 453 g/mol. The Morgan fingerprint density at radius 2 is 1.78 bits per heavy atom. The maximum Gasteiger partial charge on any atom is 0.243 e. The smallest absolute Gasteiger partial charge is 0.243 e. The van der Waals surface area contributed by atoms with Crippen LogP contribution in [0.1, 0.15) is 25.3 Å². The van der Waals surface area contributed by atoms with Crippen LogP contribution in [0.15, 0.2) is 59.5 Å². The van der Waals surface area contributed by atoms with Gasteiger partial charge in [0.15, 0.2) is 5.82 Å². The summed E-state index contributed by atoms with van der Waals surface area (Å²) in [5, 5.41) is 11.8. The van der Waals surface area contributed by atoms with Gasteiger partial charge in [0.2, 0.25) is 10.0 Å². The van der Waals surface area contributed by atoms with Gasteiger partial charge in [-0.15, -0.1) is 10.2 Å². The molecule has 7 nitrogen and oxygen atoms in total. The summed E-state index contributed by atoms with van der Waals surface area (Å²) in [5.74, 6) is 1.84. The van der Waals surface area contributed by atoms with E-state index in [9.17, 15) is 8.42 Å². The molecule has 0 unspecified atom stereocenters. The Labute approximate surface area is 189 Å². The molecular weight excluding hydrogens is 424 g/mol. The van der Waals surface area contributed by atoms with Crippen LogP contribution in [0.3, 0.4) is 0 Å². The molecule has 2 aromatic carbocycles. The second kappa shape index (κ2) is 9.26. The van der Waals surface area contributed by atoms with Crippen molar-refractivity contribution in [3.63, 3.8) is 0 Å². The molecule has 0 saturated carbocycles. The van der Waals surface area contributed by atoms with Crippen LogP contribution in [-0.2, 0) is 10.0 Å². The quantitative estimate of drug-likeness (QED) is 0.587. The normalized spacial score (nSPS) is 15.5. The van der Waals surface area contributed by atoms with Crippen molar-refractivity contribution in [1.82, 2.24) is 14.5 Å². The van der Waals surface area contributed by atoms with E-state index < -0.39 is 10.0 Å². The summed E-state index contributed by atoms with van der Waals surface area (Å²) in [7, 11) is -1.93. The number of nitrogens with zero attached hydrogens (tertiary/aromatic N) is 3. The third-order valence-corrected chi connectivity index (χ3v) is 7.92. The second-order valence-corrected chi connectivity index (χ2v) is 10.1. The number of piperidine rings is 1. The van der Waals surface area contributed by atoms with E-state index in [-0.39, 0.29) is 0 Å². The molecule has 0 radical (unpaired) electrons. The van der Waals surface area contributed by atoms with E-state index >= 15 is 0 Å². The Bertz CT molecular complexity index is 1190. The second-order valence-electron chi connectivity index (χ2n) is 8.20. The van der Waals surface area contributed by atoms with Crippen LogP contribution in [0, 0.1) is 12.8 Å². The molecule has 1 N–H and O–H groups in total. The van der Waals surface area contributed by atoms with Crippen LogP contribution in [0.2, 0.25) is 0 Å². The minimum atomic E-state index is -3.54. The third-order valence-electron chi connectivity index (χ3n) is 5.88. The first-order valence-electron chi connectivity index (χ1n) is 10.7. The molecule has 1 aliphatic rings. The van der Waals surface area contributed by atoms with E-state index in [0.717, 1.165) is 29.7 Å². The first kappa shape index (κ1) is 22.2. The summed E-state index contributed by atoms with van der Waals surface area (Å²) < 4.78 is 33.5. The van der Waals surface area contributed by atoms with Gasteiger partial charge in [-0.25, -0.2) is 8.42 Å². The van der Waals surface area contributed by atoms with Crippen molar-refractivity contribution in [2.75, 3.05) is 25.5 Å². The van der Waals surface area contributed by atoms with Gasteiger partial charge in [-0.3, -0.25) is 0 Å². The van der Waals surface area contributed by atoms with Crippen molar-refractivity contribution in [2.45, 2.75) is 31.6 Å². The minimum absolute atomic E-state index is 0.336. The Morgan fingerprint density at radius 1 is 1.03 bits per heavy atom. The van der Waals surface area contributed by atoms with Crippen molar-refractivity contribution in [2.24, 2.45) is 5.92 Å². The number of sulfonamides is 1. The molecule has 4 rings (SSSR count). The van der Waals surface area contributed by atoms with Gasteiger partial charge in [-0.1, -0.05) is 31.2 Å². The standard InChI is InChI=1S/C24H28N4O3S/c1-17-12-14-28(15-13-17)32(29,30)23-16-19(9-8-18(23)2)20-10-11-24(27-26-20)25-21-6-4-5-7-22(21)31-3/h4-11,16-17H,12-15H2,1-3H3,(H,25,27). The Balaban J connectivity index is 1.58. The van der Waals surface area contributed by atoms with Crippen molar-refractivity contribution < 1.29 is 13.2 Å². The number of benzene rings is 2. The average Bonchev–Trinajstić information content (AvgIpc) is 2.80. The number of hydrogen-bond donors (Lipinski definition) is 1. The van der Waals surface area contributed by atoms with E-state index in [2.05, 4.69) is 22.4 Å². The number of para-hydroxylation sites is 2. The number of methoxy groups -OCH3 is 1. The molecule has 168 valence electrons. The van der Waals surface area contributed by atoms with Gasteiger partial charge in [0.1, 0.15) is 5.75 Å². The topological polar surface area (TPSA) is 84.4 Å². The predicted molar refractivity (Wildman–Crippen MR) is 126 cm³/mol. The summed E-state index contributed by atoms with van der Waals surface area (Å²) in [4.78, 5) is 0.336. The van der Waals surface area contributed by atoms with Crippen molar-refractivity contribution in [3.8, 4) is 17.0 Å². The molecule has 0 bridgehead atoms. The molecule has 1 aliphatic heterocycles. The SMILES string of the molecule is COc1ccccc1Nc1ccc(-c2ccc(C)c(S(=O)(=O)N3CCC(C)CC3)c2)nn1. The first-order valence-corrected chi connectivity index (χ1v) is 12.2. The lowest BCUT2D eigenvalue weighted by Crippen LogP contribution is -2.38. The summed E-state index contributed by atoms with van der Waals surface area (Å²) in [6.45, 7) is 5.13. The van der Waals surface area contributed by atoms with Gasteiger partial charge >= 0.3 is 0 Å². The van der Waals surface area contributed by atoms with Gasteiger partial charge in [0, 0.05) is 18.7 Å². The van der Waals surface area contributed by atoms with Crippen LogP contribution in [0.5, 0.6) is 5.75 Å². The molecular formula is C24H28N4O3S. The fourth-order valence-electron chi connectivity index (χ4n) is 3.84. The highest BCUT2D eigenvalue weighted by atomic mass is 32.2. The summed E-state index contributed by atoms with van der Waals surface area (Å²) >= 11 is 0. The molecule has 2 heterocycles. The van der Waals surface area contributed by atoms with Crippen LogP contribution in [0.4, 0.5) is 11.5 Å². The lowest BCUT2D eigenvalue weighted by molar-refractivity contribution is 0.288. The number of aryl methyl sites for hydroxylation is 1. The van der Waals surface area contributed by atoms with E-state index in [4.69, 9.17) is 4.74 Å². The largest absolute Gasteiger partial charge is 0.495 e. The number of nitrogens with one attached hydrogen (secondary N) is 1. The van der Waals surface area contributed by atoms with Gasteiger partial charge < -0.3 is 10.1 Å². The predicted octanol–water partition coefficient (Wildman–Crippen LogP) is 4.62. The molecule has 0 aliphatic carbocycles. The van der Waals surface area contributed by atoms with Crippen molar-refractivity contribution in [3.05, 3.63) is 60.2 Å². The van der Waals surface area contributed by atoms with E-state index in [0.29, 0.717) is 41.2 Å². The first-order chi connectivity index (χ1) is 15.4. The molecule has 0 atom stereocenters. The Kier molecular flexibility index (Phi) is 6.43. The molecule has 1 saturated heterocycles. The number of anilines is 2. The van der Waals surface area contributed by atoms with Gasteiger partial charge in [-0.05, 0) is 61.6 Å². The van der Waals surface area contributed by atoms with Crippen LogP contribution < -0.4 is 10.1 Å². The molecule has 3 aromatic rings. The van der Waals surface area contributed by atoms with E-state index in [1.165, 1.54) is 0 Å². The molecule has 0 spiro atoms. The zero-order valence-corrected chi connectivity index (χ0v) is 19.4. The lowest BCUT2D eigenvalue weighted by atomic mass is 10.0. The number of hydrogen-bond acceptors (Lipinski definition) is 6. The number of aromatic nitrogens is 2. The monoisotopic (exact) mass is 452 g/mol. The maximum absolute atomic E-state index is 13.3. The highest BCUT2D eigenvalue weighted by molar-refractivity contribution is 7.89. The minimum Gasteiger partial charge on any atom is -0.495 e. The fraction of sp³-hybridized carbons (Fsp3) is 0.333. The van der Waals surface area contributed by atoms with Crippen LogP contribution in [-0.4, -0.2) is 43.1 Å². The zero-order chi connectivity index (χ0) is 22.7. The van der Waals surface area contributed by atoms with E-state index in [1.54, 1.807) is 17.5 Å². The summed E-state index contributed by atoms with van der Waals surface area (Å²) in [5.41, 5.74) is 2.85. The van der Waals surface area contributed by atoms with Gasteiger partial charge in [-0.2, -0.15) is 4.31 Å².